The van der Waals surface area contributed by atoms with Gasteiger partial charge in [0.2, 0.25) is 0 Å². The van der Waals surface area contributed by atoms with Crippen molar-refractivity contribution in [2.24, 2.45) is 5.10 Å². The first-order valence-electron chi connectivity index (χ1n) is 8.81. The molecule has 0 saturated carbocycles. The fourth-order valence-electron chi connectivity index (χ4n) is 2.67. The molecule has 0 fully saturated rings. The predicted octanol–water partition coefficient (Wildman–Crippen LogP) is 3.23. The highest BCUT2D eigenvalue weighted by atomic mass is 16.5. The molecule has 2 aromatic rings. The van der Waals surface area contributed by atoms with Gasteiger partial charge in [0.1, 0.15) is 11.6 Å². The Morgan fingerprint density at radius 1 is 1.11 bits per heavy atom. The van der Waals surface area contributed by atoms with E-state index in [0.29, 0.717) is 17.3 Å². The lowest BCUT2D eigenvalue weighted by atomic mass is 9.87. The second-order valence-corrected chi connectivity index (χ2v) is 7.38. The number of anilines is 1. The molecule has 0 aliphatic carbocycles. The van der Waals surface area contributed by atoms with Crippen molar-refractivity contribution in [3.63, 3.8) is 0 Å². The highest BCUT2D eigenvalue weighted by molar-refractivity contribution is 6.15. The monoisotopic (exact) mass is 365 g/mol. The van der Waals surface area contributed by atoms with Gasteiger partial charge in [-0.15, -0.1) is 0 Å². The molecule has 0 bridgehead atoms. The van der Waals surface area contributed by atoms with Crippen LogP contribution in [0.15, 0.2) is 59.7 Å². The number of hydrazone groups is 1. The van der Waals surface area contributed by atoms with Crippen LogP contribution in [-0.2, 0) is 15.0 Å². The Labute approximate surface area is 158 Å². The molecule has 0 spiro atoms. The molecule has 3 rings (SSSR count). The molecule has 2 aromatic carbocycles. The number of para-hydroxylation sites is 1. The number of hydrogen-bond acceptors (Lipinski definition) is 4. The Bertz CT molecular complexity index is 852. The molecular formula is C21H23N3O3. The molecule has 0 unspecified atom stereocenters. The van der Waals surface area contributed by atoms with Gasteiger partial charge in [0.05, 0.1) is 12.1 Å². The zero-order valence-electron chi connectivity index (χ0n) is 15.7. The first-order valence-corrected chi connectivity index (χ1v) is 8.81. The summed E-state index contributed by atoms with van der Waals surface area (Å²) < 4.78 is 5.52. The number of amidine groups is 1. The summed E-state index contributed by atoms with van der Waals surface area (Å²) in [6.45, 7) is 6.27. The summed E-state index contributed by atoms with van der Waals surface area (Å²) in [7, 11) is 0. The minimum absolute atomic E-state index is 0.0565. The summed E-state index contributed by atoms with van der Waals surface area (Å²) in [6.07, 6.45) is 0.0565. The second-order valence-electron chi connectivity index (χ2n) is 7.38. The molecular weight excluding hydrogens is 342 g/mol. The summed E-state index contributed by atoms with van der Waals surface area (Å²) >= 11 is 0. The van der Waals surface area contributed by atoms with Crippen LogP contribution in [0.2, 0.25) is 0 Å². The second kappa shape index (κ2) is 7.61. The van der Waals surface area contributed by atoms with Crippen molar-refractivity contribution in [3.05, 3.63) is 60.2 Å². The van der Waals surface area contributed by atoms with Gasteiger partial charge in [0.15, 0.2) is 6.61 Å². The van der Waals surface area contributed by atoms with Crippen molar-refractivity contribution in [1.82, 2.24) is 5.32 Å². The number of nitrogens with zero attached hydrogens (tertiary/aromatic N) is 2. The number of benzene rings is 2. The lowest BCUT2D eigenvalue weighted by Gasteiger charge is -2.19. The standard InChI is InChI=1S/C21H23N3O3/c1-21(2,3)15-9-11-17(12-10-15)27-14-19(25)22-18-13-20(26)24(23-18)16-7-5-4-6-8-16/h4-12H,13-14H2,1-3H3,(H,22,23,25). The maximum absolute atomic E-state index is 12.1. The van der Waals surface area contributed by atoms with Crippen molar-refractivity contribution in [3.8, 4) is 5.75 Å². The van der Waals surface area contributed by atoms with E-state index in [4.69, 9.17) is 4.74 Å². The van der Waals surface area contributed by atoms with Crippen molar-refractivity contribution in [1.29, 1.82) is 0 Å². The first-order chi connectivity index (χ1) is 12.8. The molecule has 1 aliphatic heterocycles. The molecule has 0 radical (unpaired) electrons. The number of amides is 2. The Kier molecular flexibility index (Phi) is 5.26. The van der Waals surface area contributed by atoms with Crippen LogP contribution in [0.25, 0.3) is 0 Å². The minimum Gasteiger partial charge on any atom is -0.484 e. The van der Waals surface area contributed by atoms with E-state index in [1.165, 1.54) is 10.6 Å². The summed E-state index contributed by atoms with van der Waals surface area (Å²) in [6, 6.07) is 16.8. The van der Waals surface area contributed by atoms with E-state index in [1.807, 2.05) is 42.5 Å². The van der Waals surface area contributed by atoms with Crippen LogP contribution in [0.4, 0.5) is 5.69 Å². The number of carbonyl (C=O) groups is 2. The first kappa shape index (κ1) is 18.6. The largest absolute Gasteiger partial charge is 0.484 e. The Morgan fingerprint density at radius 3 is 2.41 bits per heavy atom. The van der Waals surface area contributed by atoms with Gasteiger partial charge in [-0.2, -0.15) is 10.1 Å². The summed E-state index contributed by atoms with van der Waals surface area (Å²) in [5.41, 5.74) is 1.93. The quantitative estimate of drug-likeness (QED) is 0.904. The third-order valence-corrected chi connectivity index (χ3v) is 4.15. The molecule has 0 atom stereocenters. The SMILES string of the molecule is CC(C)(C)c1ccc(OCC(=O)NC2=NN(c3ccccc3)C(=O)C2)cc1. The van der Waals surface area contributed by atoms with Crippen molar-refractivity contribution in [2.45, 2.75) is 32.6 Å². The van der Waals surface area contributed by atoms with Crippen LogP contribution in [0.3, 0.4) is 0 Å². The van der Waals surface area contributed by atoms with E-state index in [-0.39, 0.29) is 30.3 Å². The minimum atomic E-state index is -0.351. The maximum atomic E-state index is 12.1. The third-order valence-electron chi connectivity index (χ3n) is 4.15. The molecule has 1 heterocycles. The molecule has 2 amide bonds. The number of carbonyl (C=O) groups excluding carboxylic acids is 2. The van der Waals surface area contributed by atoms with E-state index >= 15 is 0 Å². The van der Waals surface area contributed by atoms with Gasteiger partial charge in [0.25, 0.3) is 11.8 Å². The van der Waals surface area contributed by atoms with Crippen LogP contribution < -0.4 is 15.1 Å². The maximum Gasteiger partial charge on any atom is 0.263 e. The summed E-state index contributed by atoms with van der Waals surface area (Å²) in [5.74, 6) is 0.403. The fourth-order valence-corrected chi connectivity index (χ4v) is 2.67. The smallest absolute Gasteiger partial charge is 0.263 e. The van der Waals surface area contributed by atoms with Gasteiger partial charge in [-0.1, -0.05) is 51.1 Å². The lowest BCUT2D eigenvalue weighted by molar-refractivity contribution is -0.121. The zero-order valence-corrected chi connectivity index (χ0v) is 15.7. The summed E-state index contributed by atoms with van der Waals surface area (Å²) in [5, 5.41) is 8.12. The van der Waals surface area contributed by atoms with E-state index in [2.05, 4.69) is 31.2 Å². The van der Waals surface area contributed by atoms with E-state index in [1.54, 1.807) is 12.1 Å². The molecule has 6 heteroatoms. The molecule has 6 nitrogen and oxygen atoms in total. The number of rotatable bonds is 4. The fraction of sp³-hybridized carbons (Fsp3) is 0.286. The topological polar surface area (TPSA) is 71.0 Å². The van der Waals surface area contributed by atoms with Crippen molar-refractivity contribution >= 4 is 23.3 Å². The average molecular weight is 365 g/mol. The van der Waals surface area contributed by atoms with Crippen molar-refractivity contribution < 1.29 is 14.3 Å². The number of ether oxygens (including phenoxy) is 1. The van der Waals surface area contributed by atoms with Gasteiger partial charge >= 0.3 is 0 Å². The zero-order chi connectivity index (χ0) is 19.4. The molecule has 1 N–H and O–H groups in total. The van der Waals surface area contributed by atoms with Crippen LogP contribution in [-0.4, -0.2) is 24.3 Å². The van der Waals surface area contributed by atoms with E-state index < -0.39 is 0 Å². The molecule has 140 valence electrons. The van der Waals surface area contributed by atoms with Crippen LogP contribution in [0.1, 0.15) is 32.8 Å². The average Bonchev–Trinajstić information content (AvgIpc) is 3.00. The highest BCUT2D eigenvalue weighted by Crippen LogP contribution is 2.24. The Balaban J connectivity index is 1.54. The molecule has 0 aromatic heterocycles. The Hall–Kier alpha value is -3.15. The van der Waals surface area contributed by atoms with Gasteiger partial charge in [0, 0.05) is 0 Å². The third kappa shape index (κ3) is 4.73. The Morgan fingerprint density at radius 2 is 1.78 bits per heavy atom. The molecule has 1 aliphatic rings. The number of nitrogens with one attached hydrogen (secondary N) is 1. The molecule has 0 saturated heterocycles. The highest BCUT2D eigenvalue weighted by Gasteiger charge is 2.26. The van der Waals surface area contributed by atoms with Crippen molar-refractivity contribution in [2.75, 3.05) is 11.6 Å². The van der Waals surface area contributed by atoms with Gasteiger partial charge < -0.3 is 10.1 Å². The lowest BCUT2D eigenvalue weighted by Crippen LogP contribution is -2.33. The van der Waals surface area contributed by atoms with Gasteiger partial charge in [-0.3, -0.25) is 9.59 Å². The van der Waals surface area contributed by atoms with Gasteiger partial charge in [-0.25, -0.2) is 0 Å². The normalized spacial score (nSPS) is 14.1. The number of hydrogen-bond donors (Lipinski definition) is 1. The van der Waals surface area contributed by atoms with Gasteiger partial charge in [-0.05, 0) is 35.2 Å². The summed E-state index contributed by atoms with van der Waals surface area (Å²) in [4.78, 5) is 24.2. The van der Waals surface area contributed by atoms with Crippen LogP contribution >= 0.6 is 0 Å². The van der Waals surface area contributed by atoms with Crippen LogP contribution in [0.5, 0.6) is 5.75 Å². The predicted molar refractivity (Wildman–Crippen MR) is 105 cm³/mol. The molecule has 27 heavy (non-hydrogen) atoms. The van der Waals surface area contributed by atoms with E-state index in [0.717, 1.165) is 0 Å². The van der Waals surface area contributed by atoms with E-state index in [9.17, 15) is 9.59 Å². The van der Waals surface area contributed by atoms with Crippen LogP contribution in [0, 0.1) is 0 Å².